The van der Waals surface area contributed by atoms with Crippen LogP contribution < -0.4 is 10.2 Å². The normalized spacial score (nSPS) is 15.9. The molecule has 3 heterocycles. The summed E-state index contributed by atoms with van der Waals surface area (Å²) in [4.78, 5) is 6.37. The lowest BCUT2D eigenvalue weighted by Crippen LogP contribution is -2.44. The lowest BCUT2D eigenvalue weighted by molar-refractivity contribution is 0.573. The van der Waals surface area contributed by atoms with Crippen molar-refractivity contribution >= 4 is 5.95 Å². The van der Waals surface area contributed by atoms with Crippen LogP contribution in [0.4, 0.5) is 5.95 Å². The van der Waals surface area contributed by atoms with E-state index in [9.17, 15) is 0 Å². The topological polar surface area (TPSA) is 58.9 Å². The number of anilines is 1. The molecule has 0 aliphatic carbocycles. The third-order valence-corrected chi connectivity index (χ3v) is 3.17. The van der Waals surface area contributed by atoms with Crippen molar-refractivity contribution in [3.05, 3.63) is 24.5 Å². The second-order valence-corrected chi connectivity index (χ2v) is 4.36. The summed E-state index contributed by atoms with van der Waals surface area (Å²) in [6.45, 7) is 3.93. The summed E-state index contributed by atoms with van der Waals surface area (Å²) < 4.78 is 2.03. The molecule has 1 N–H and O–H groups in total. The monoisotopic (exact) mass is 244 g/mol. The minimum atomic E-state index is 0.858. The Morgan fingerprint density at radius 1 is 1.22 bits per heavy atom. The van der Waals surface area contributed by atoms with Crippen molar-refractivity contribution in [1.29, 1.82) is 0 Å². The fourth-order valence-corrected chi connectivity index (χ4v) is 2.21. The van der Waals surface area contributed by atoms with E-state index in [-0.39, 0.29) is 0 Å². The zero-order chi connectivity index (χ0) is 12.4. The number of nitrogens with zero attached hydrogens (tertiary/aromatic N) is 5. The molecule has 6 heteroatoms. The van der Waals surface area contributed by atoms with Gasteiger partial charge >= 0.3 is 0 Å². The van der Waals surface area contributed by atoms with Crippen LogP contribution in [0, 0.1) is 0 Å². The quantitative estimate of drug-likeness (QED) is 0.822. The van der Waals surface area contributed by atoms with Crippen LogP contribution in [0.2, 0.25) is 0 Å². The summed E-state index contributed by atoms with van der Waals surface area (Å²) in [7, 11) is 2.00. The van der Waals surface area contributed by atoms with Crippen molar-refractivity contribution in [2.45, 2.75) is 0 Å². The van der Waals surface area contributed by atoms with Gasteiger partial charge in [0.2, 0.25) is 5.95 Å². The molecule has 3 rings (SSSR count). The SMILES string of the molecule is Cn1c(-c2cccnc2)nnc1N1CCNCC1. The van der Waals surface area contributed by atoms with Crippen LogP contribution in [-0.2, 0) is 7.05 Å². The molecule has 2 aromatic rings. The Morgan fingerprint density at radius 3 is 2.78 bits per heavy atom. The molecular weight excluding hydrogens is 228 g/mol. The molecule has 2 aromatic heterocycles. The largest absolute Gasteiger partial charge is 0.338 e. The highest BCUT2D eigenvalue weighted by Gasteiger charge is 2.18. The van der Waals surface area contributed by atoms with E-state index in [0.29, 0.717) is 0 Å². The first kappa shape index (κ1) is 11.2. The van der Waals surface area contributed by atoms with Crippen molar-refractivity contribution in [2.24, 2.45) is 7.05 Å². The lowest BCUT2D eigenvalue weighted by Gasteiger charge is -2.27. The van der Waals surface area contributed by atoms with E-state index < -0.39 is 0 Å². The van der Waals surface area contributed by atoms with E-state index in [0.717, 1.165) is 43.5 Å². The van der Waals surface area contributed by atoms with Gasteiger partial charge < -0.3 is 10.2 Å². The lowest BCUT2D eigenvalue weighted by atomic mass is 10.3. The Bertz CT molecular complexity index is 515. The third kappa shape index (κ3) is 1.95. The molecular formula is C12H16N6. The average Bonchev–Trinajstić information content (AvgIpc) is 2.83. The Balaban J connectivity index is 1.92. The van der Waals surface area contributed by atoms with E-state index >= 15 is 0 Å². The predicted molar refractivity (Wildman–Crippen MR) is 69.3 cm³/mol. The predicted octanol–water partition coefficient (Wildman–Crippen LogP) is 0.287. The van der Waals surface area contributed by atoms with E-state index in [1.807, 2.05) is 29.9 Å². The fraction of sp³-hybridized carbons (Fsp3) is 0.417. The highest BCUT2D eigenvalue weighted by molar-refractivity contribution is 5.56. The van der Waals surface area contributed by atoms with Crippen molar-refractivity contribution in [2.75, 3.05) is 31.1 Å². The molecule has 1 aliphatic heterocycles. The molecule has 0 atom stereocenters. The molecule has 0 bridgehead atoms. The van der Waals surface area contributed by atoms with Gasteiger partial charge in [0, 0.05) is 51.2 Å². The maximum absolute atomic E-state index is 4.30. The number of hydrogen-bond acceptors (Lipinski definition) is 5. The molecule has 0 radical (unpaired) electrons. The summed E-state index contributed by atoms with van der Waals surface area (Å²) in [6, 6.07) is 3.91. The van der Waals surface area contributed by atoms with E-state index in [1.165, 1.54) is 0 Å². The van der Waals surface area contributed by atoms with Crippen molar-refractivity contribution in [3.8, 4) is 11.4 Å². The first-order chi connectivity index (χ1) is 8.86. The van der Waals surface area contributed by atoms with Crippen LogP contribution in [0.25, 0.3) is 11.4 Å². The minimum Gasteiger partial charge on any atom is -0.338 e. The molecule has 18 heavy (non-hydrogen) atoms. The summed E-state index contributed by atoms with van der Waals surface area (Å²) in [5.74, 6) is 1.78. The number of pyridine rings is 1. The standard InChI is InChI=1S/C12H16N6/c1-17-11(10-3-2-4-14-9-10)15-16-12(17)18-7-5-13-6-8-18/h2-4,9,13H,5-8H2,1H3. The summed E-state index contributed by atoms with van der Waals surface area (Å²) in [5.41, 5.74) is 0.994. The van der Waals surface area contributed by atoms with Crippen molar-refractivity contribution in [1.82, 2.24) is 25.1 Å². The van der Waals surface area contributed by atoms with Crippen LogP contribution in [-0.4, -0.2) is 45.9 Å². The summed E-state index contributed by atoms with van der Waals surface area (Å²) >= 11 is 0. The van der Waals surface area contributed by atoms with Gasteiger partial charge in [0.1, 0.15) is 0 Å². The Morgan fingerprint density at radius 2 is 2.06 bits per heavy atom. The maximum Gasteiger partial charge on any atom is 0.227 e. The number of rotatable bonds is 2. The Kier molecular flexibility index (Phi) is 2.93. The van der Waals surface area contributed by atoms with Gasteiger partial charge in [-0.1, -0.05) is 0 Å². The molecule has 0 saturated carbocycles. The van der Waals surface area contributed by atoms with Gasteiger partial charge in [-0.25, -0.2) is 0 Å². The van der Waals surface area contributed by atoms with Gasteiger partial charge in [0.05, 0.1) is 0 Å². The molecule has 1 aliphatic rings. The van der Waals surface area contributed by atoms with Crippen LogP contribution in [0.1, 0.15) is 0 Å². The van der Waals surface area contributed by atoms with Crippen molar-refractivity contribution < 1.29 is 0 Å². The summed E-state index contributed by atoms with van der Waals surface area (Å²) in [6.07, 6.45) is 3.57. The van der Waals surface area contributed by atoms with Crippen LogP contribution in [0.5, 0.6) is 0 Å². The number of aromatic nitrogens is 4. The number of piperazine rings is 1. The zero-order valence-corrected chi connectivity index (χ0v) is 10.4. The molecule has 94 valence electrons. The average molecular weight is 244 g/mol. The van der Waals surface area contributed by atoms with E-state index in [1.54, 1.807) is 6.20 Å². The minimum absolute atomic E-state index is 0.858. The highest BCUT2D eigenvalue weighted by atomic mass is 15.4. The fourth-order valence-electron chi connectivity index (χ4n) is 2.21. The van der Waals surface area contributed by atoms with Gasteiger partial charge in [-0.2, -0.15) is 0 Å². The highest BCUT2D eigenvalue weighted by Crippen LogP contribution is 2.20. The molecule has 1 saturated heterocycles. The Hall–Kier alpha value is -1.95. The first-order valence-electron chi connectivity index (χ1n) is 6.12. The summed E-state index contributed by atoms with van der Waals surface area (Å²) in [5, 5.41) is 11.9. The van der Waals surface area contributed by atoms with Gasteiger partial charge in [0.25, 0.3) is 0 Å². The van der Waals surface area contributed by atoms with Gasteiger partial charge in [-0.05, 0) is 12.1 Å². The van der Waals surface area contributed by atoms with Gasteiger partial charge in [-0.15, -0.1) is 10.2 Å². The van der Waals surface area contributed by atoms with Crippen molar-refractivity contribution in [3.63, 3.8) is 0 Å². The first-order valence-corrected chi connectivity index (χ1v) is 6.12. The van der Waals surface area contributed by atoms with Crippen LogP contribution in [0.3, 0.4) is 0 Å². The maximum atomic E-state index is 4.30. The Labute approximate surface area is 106 Å². The smallest absolute Gasteiger partial charge is 0.227 e. The third-order valence-electron chi connectivity index (χ3n) is 3.17. The molecule has 0 amide bonds. The second-order valence-electron chi connectivity index (χ2n) is 4.36. The molecule has 0 aromatic carbocycles. The molecule has 0 unspecified atom stereocenters. The molecule has 0 spiro atoms. The zero-order valence-electron chi connectivity index (χ0n) is 10.4. The number of hydrogen-bond donors (Lipinski definition) is 1. The van der Waals surface area contributed by atoms with E-state index in [2.05, 4.69) is 25.4 Å². The van der Waals surface area contributed by atoms with Gasteiger partial charge in [0.15, 0.2) is 5.82 Å². The molecule has 6 nitrogen and oxygen atoms in total. The second kappa shape index (κ2) is 4.73. The van der Waals surface area contributed by atoms with Crippen LogP contribution >= 0.6 is 0 Å². The number of nitrogens with one attached hydrogen (secondary N) is 1. The van der Waals surface area contributed by atoms with Crippen LogP contribution in [0.15, 0.2) is 24.5 Å². The van der Waals surface area contributed by atoms with Gasteiger partial charge in [-0.3, -0.25) is 9.55 Å². The van der Waals surface area contributed by atoms with E-state index in [4.69, 9.17) is 0 Å². The molecule has 1 fully saturated rings.